The highest BCUT2D eigenvalue weighted by atomic mass is 32.2. The van der Waals surface area contributed by atoms with E-state index in [1.807, 2.05) is 13.0 Å². The van der Waals surface area contributed by atoms with Crippen LogP contribution in [0.4, 0.5) is 0 Å². The molecular weight excluding hydrogens is 278 g/mol. The summed E-state index contributed by atoms with van der Waals surface area (Å²) < 4.78 is 23.0. The Morgan fingerprint density at radius 2 is 2.30 bits per heavy atom. The smallest absolute Gasteiger partial charge is 0.255 e. The van der Waals surface area contributed by atoms with Gasteiger partial charge in [0.1, 0.15) is 11.8 Å². The SMILES string of the molecule is CCN(C(=O)c1ccc(C#N)nc1)C1CCS(=O)(=O)C1. The van der Waals surface area contributed by atoms with Gasteiger partial charge in [-0.05, 0) is 25.5 Å². The topological polar surface area (TPSA) is 91.1 Å². The van der Waals surface area contributed by atoms with Crippen molar-refractivity contribution in [3.63, 3.8) is 0 Å². The summed E-state index contributed by atoms with van der Waals surface area (Å²) >= 11 is 0. The first kappa shape index (κ1) is 14.5. The fourth-order valence-corrected chi connectivity index (χ4v) is 4.07. The zero-order chi connectivity index (χ0) is 14.8. The van der Waals surface area contributed by atoms with Crippen molar-refractivity contribution in [2.75, 3.05) is 18.1 Å². The van der Waals surface area contributed by atoms with Crippen molar-refractivity contribution in [2.45, 2.75) is 19.4 Å². The molecule has 0 aliphatic carbocycles. The van der Waals surface area contributed by atoms with Crippen LogP contribution in [0.5, 0.6) is 0 Å². The van der Waals surface area contributed by atoms with Crippen LogP contribution in [-0.4, -0.2) is 48.3 Å². The molecular formula is C13H15N3O3S. The fraction of sp³-hybridized carbons (Fsp3) is 0.462. The van der Waals surface area contributed by atoms with Gasteiger partial charge in [-0.25, -0.2) is 13.4 Å². The van der Waals surface area contributed by atoms with Crippen LogP contribution in [0, 0.1) is 11.3 Å². The lowest BCUT2D eigenvalue weighted by Gasteiger charge is -2.26. The normalized spacial score (nSPS) is 20.3. The number of carbonyl (C=O) groups excluding carboxylic acids is 1. The maximum absolute atomic E-state index is 12.4. The zero-order valence-corrected chi connectivity index (χ0v) is 11.9. The molecule has 0 saturated carbocycles. The van der Waals surface area contributed by atoms with E-state index in [1.165, 1.54) is 12.3 Å². The second kappa shape index (κ2) is 5.59. The largest absolute Gasteiger partial charge is 0.335 e. The van der Waals surface area contributed by atoms with Crippen molar-refractivity contribution in [2.24, 2.45) is 0 Å². The molecule has 0 N–H and O–H groups in total. The van der Waals surface area contributed by atoms with E-state index in [2.05, 4.69) is 4.98 Å². The molecule has 0 spiro atoms. The Kier molecular flexibility index (Phi) is 4.04. The predicted octanol–water partition coefficient (Wildman–Crippen LogP) is 0.602. The van der Waals surface area contributed by atoms with Gasteiger partial charge in [0.05, 0.1) is 17.1 Å². The lowest BCUT2D eigenvalue weighted by atomic mass is 10.1. The van der Waals surface area contributed by atoms with Gasteiger partial charge in [-0.15, -0.1) is 0 Å². The highest BCUT2D eigenvalue weighted by Crippen LogP contribution is 2.19. The standard InChI is InChI=1S/C13H15N3O3S/c1-2-16(12-5-6-20(18,19)9-12)13(17)10-3-4-11(7-14)15-8-10/h3-4,8,12H,2,5-6,9H2,1H3. The molecule has 1 unspecified atom stereocenters. The molecule has 1 saturated heterocycles. The Balaban J connectivity index is 2.19. The Morgan fingerprint density at radius 3 is 2.75 bits per heavy atom. The van der Waals surface area contributed by atoms with Gasteiger partial charge in [0, 0.05) is 18.8 Å². The monoisotopic (exact) mass is 293 g/mol. The van der Waals surface area contributed by atoms with Gasteiger partial charge in [0.25, 0.3) is 5.91 Å². The number of carbonyl (C=O) groups is 1. The van der Waals surface area contributed by atoms with Crippen molar-refractivity contribution in [3.05, 3.63) is 29.6 Å². The second-order valence-corrected chi connectivity index (χ2v) is 6.92. The van der Waals surface area contributed by atoms with E-state index in [0.717, 1.165) is 0 Å². The molecule has 1 amide bonds. The molecule has 1 aromatic heterocycles. The molecule has 0 radical (unpaired) electrons. The number of pyridine rings is 1. The maximum Gasteiger partial charge on any atom is 0.255 e. The summed E-state index contributed by atoms with van der Waals surface area (Å²) in [6.07, 6.45) is 1.83. The minimum Gasteiger partial charge on any atom is -0.335 e. The predicted molar refractivity (Wildman–Crippen MR) is 72.7 cm³/mol. The molecule has 1 aliphatic heterocycles. The van der Waals surface area contributed by atoms with E-state index in [0.29, 0.717) is 18.5 Å². The van der Waals surface area contributed by atoms with Crippen LogP contribution in [0.1, 0.15) is 29.4 Å². The Labute approximate surface area is 118 Å². The molecule has 6 nitrogen and oxygen atoms in total. The summed E-state index contributed by atoms with van der Waals surface area (Å²) in [7, 11) is -3.03. The van der Waals surface area contributed by atoms with Crippen LogP contribution in [0.3, 0.4) is 0 Å². The average Bonchev–Trinajstić information content (AvgIpc) is 2.79. The van der Waals surface area contributed by atoms with E-state index in [-0.39, 0.29) is 29.1 Å². The molecule has 20 heavy (non-hydrogen) atoms. The number of rotatable bonds is 3. The van der Waals surface area contributed by atoms with E-state index in [4.69, 9.17) is 5.26 Å². The Hall–Kier alpha value is -1.94. The molecule has 1 fully saturated rings. The highest BCUT2D eigenvalue weighted by molar-refractivity contribution is 7.91. The lowest BCUT2D eigenvalue weighted by molar-refractivity contribution is 0.0708. The van der Waals surface area contributed by atoms with Crippen LogP contribution in [0.2, 0.25) is 0 Å². The summed E-state index contributed by atoms with van der Waals surface area (Å²) in [6, 6.07) is 4.64. The first-order valence-corrected chi connectivity index (χ1v) is 8.16. The summed E-state index contributed by atoms with van der Waals surface area (Å²) in [5.41, 5.74) is 0.614. The molecule has 106 valence electrons. The van der Waals surface area contributed by atoms with Gasteiger partial charge in [0.15, 0.2) is 9.84 Å². The molecule has 1 aliphatic rings. The maximum atomic E-state index is 12.4. The minimum atomic E-state index is -3.03. The molecule has 1 atom stereocenters. The van der Waals surface area contributed by atoms with Crippen molar-refractivity contribution < 1.29 is 13.2 Å². The number of sulfone groups is 1. The van der Waals surface area contributed by atoms with Crippen LogP contribution < -0.4 is 0 Å². The van der Waals surface area contributed by atoms with E-state index in [1.54, 1.807) is 11.0 Å². The van der Waals surface area contributed by atoms with Crippen LogP contribution in [-0.2, 0) is 9.84 Å². The van der Waals surface area contributed by atoms with Gasteiger partial charge in [-0.3, -0.25) is 4.79 Å². The van der Waals surface area contributed by atoms with Crippen LogP contribution in [0.15, 0.2) is 18.3 Å². The number of nitriles is 1. The van der Waals surface area contributed by atoms with Gasteiger partial charge < -0.3 is 4.90 Å². The molecule has 2 rings (SSSR count). The third-order valence-corrected chi connectivity index (χ3v) is 5.13. The quantitative estimate of drug-likeness (QED) is 0.814. The lowest BCUT2D eigenvalue weighted by Crippen LogP contribution is -2.41. The molecule has 1 aromatic rings. The van der Waals surface area contributed by atoms with Crippen molar-refractivity contribution in [1.29, 1.82) is 5.26 Å². The second-order valence-electron chi connectivity index (χ2n) is 4.69. The summed E-state index contributed by atoms with van der Waals surface area (Å²) in [5.74, 6) is -0.0878. The van der Waals surface area contributed by atoms with Gasteiger partial charge in [-0.1, -0.05) is 0 Å². The number of hydrogen-bond acceptors (Lipinski definition) is 5. The van der Waals surface area contributed by atoms with Crippen LogP contribution in [0.25, 0.3) is 0 Å². The van der Waals surface area contributed by atoms with E-state index < -0.39 is 9.84 Å². The molecule has 0 aromatic carbocycles. The van der Waals surface area contributed by atoms with Crippen molar-refractivity contribution in [1.82, 2.24) is 9.88 Å². The van der Waals surface area contributed by atoms with Crippen molar-refractivity contribution >= 4 is 15.7 Å². The average molecular weight is 293 g/mol. The van der Waals surface area contributed by atoms with Gasteiger partial charge in [-0.2, -0.15) is 5.26 Å². The van der Waals surface area contributed by atoms with Crippen molar-refractivity contribution in [3.8, 4) is 6.07 Å². The third-order valence-electron chi connectivity index (χ3n) is 3.38. The van der Waals surface area contributed by atoms with Crippen LogP contribution >= 0.6 is 0 Å². The molecule has 7 heteroatoms. The first-order chi connectivity index (χ1) is 9.46. The number of nitrogens with zero attached hydrogens (tertiary/aromatic N) is 3. The Morgan fingerprint density at radius 1 is 1.55 bits per heavy atom. The van der Waals surface area contributed by atoms with E-state index in [9.17, 15) is 13.2 Å². The highest BCUT2D eigenvalue weighted by Gasteiger charge is 2.34. The zero-order valence-electron chi connectivity index (χ0n) is 11.1. The van der Waals surface area contributed by atoms with E-state index >= 15 is 0 Å². The summed E-state index contributed by atoms with van der Waals surface area (Å²) in [5, 5.41) is 8.68. The number of amides is 1. The number of hydrogen-bond donors (Lipinski definition) is 0. The molecule has 0 bridgehead atoms. The minimum absolute atomic E-state index is 0.0241. The number of aromatic nitrogens is 1. The van der Waals surface area contributed by atoms with Gasteiger partial charge >= 0.3 is 0 Å². The fourth-order valence-electron chi connectivity index (χ4n) is 2.34. The summed E-state index contributed by atoms with van der Waals surface area (Å²) in [4.78, 5) is 17.8. The third kappa shape index (κ3) is 2.96. The van der Waals surface area contributed by atoms with Gasteiger partial charge in [0.2, 0.25) is 0 Å². The molecule has 2 heterocycles. The Bertz CT molecular complexity index is 646. The summed E-state index contributed by atoms with van der Waals surface area (Å²) in [6.45, 7) is 2.26. The first-order valence-electron chi connectivity index (χ1n) is 6.34.